The fraction of sp³-hybridized carbons (Fsp3) is 0.412. The first-order chi connectivity index (χ1) is 10.2. The van der Waals surface area contributed by atoms with Crippen LogP contribution < -0.4 is 4.90 Å². The summed E-state index contributed by atoms with van der Waals surface area (Å²) in [5.41, 5.74) is 0.539. The van der Waals surface area contributed by atoms with Crippen molar-refractivity contribution < 1.29 is 9.59 Å². The zero-order valence-corrected chi connectivity index (χ0v) is 12.0. The molecule has 0 unspecified atom stereocenters. The maximum absolute atomic E-state index is 12.9. The Morgan fingerprint density at radius 3 is 2.10 bits per heavy atom. The molecule has 4 heteroatoms. The fourth-order valence-electron chi connectivity index (χ4n) is 4.83. The second-order valence-corrected chi connectivity index (χ2v) is 7.03. The Morgan fingerprint density at radius 2 is 1.52 bits per heavy atom. The zero-order valence-electron chi connectivity index (χ0n) is 11.3. The number of hydrogen-bond acceptors (Lipinski definition) is 2. The van der Waals surface area contributed by atoms with Gasteiger partial charge >= 0.3 is 0 Å². The van der Waals surface area contributed by atoms with Gasteiger partial charge in [0.15, 0.2) is 0 Å². The van der Waals surface area contributed by atoms with E-state index in [4.69, 9.17) is 11.6 Å². The van der Waals surface area contributed by atoms with E-state index in [0.29, 0.717) is 22.5 Å². The molecule has 1 aromatic rings. The van der Waals surface area contributed by atoms with Crippen LogP contribution in [0.2, 0.25) is 5.02 Å². The van der Waals surface area contributed by atoms with Gasteiger partial charge in [-0.2, -0.15) is 0 Å². The van der Waals surface area contributed by atoms with E-state index in [1.807, 2.05) is 12.1 Å². The van der Waals surface area contributed by atoms with Gasteiger partial charge in [0.2, 0.25) is 11.8 Å². The Bertz CT molecular complexity index is 676. The molecule has 3 fully saturated rings. The Labute approximate surface area is 127 Å². The van der Waals surface area contributed by atoms with Crippen molar-refractivity contribution in [2.24, 2.45) is 35.5 Å². The fourth-order valence-corrected chi connectivity index (χ4v) is 5.05. The number of para-hydroxylation sites is 1. The lowest BCUT2D eigenvalue weighted by Gasteiger charge is -2.37. The molecule has 0 N–H and O–H groups in total. The van der Waals surface area contributed by atoms with Crippen LogP contribution in [0.15, 0.2) is 36.4 Å². The molecule has 3 nitrogen and oxygen atoms in total. The van der Waals surface area contributed by atoms with Crippen molar-refractivity contribution in [1.82, 2.24) is 0 Å². The van der Waals surface area contributed by atoms with Crippen molar-refractivity contribution >= 4 is 29.1 Å². The van der Waals surface area contributed by atoms with Gasteiger partial charge in [-0.1, -0.05) is 35.9 Å². The molecule has 2 saturated carbocycles. The summed E-state index contributed by atoms with van der Waals surface area (Å²) in [5.74, 6) is 1.35. The van der Waals surface area contributed by atoms with Crippen molar-refractivity contribution in [3.8, 4) is 0 Å². The summed E-state index contributed by atoms with van der Waals surface area (Å²) in [7, 11) is 0. The van der Waals surface area contributed by atoms with Gasteiger partial charge in [-0.3, -0.25) is 9.59 Å². The van der Waals surface area contributed by atoms with Gasteiger partial charge in [0.1, 0.15) is 0 Å². The summed E-state index contributed by atoms with van der Waals surface area (Å²) in [6.07, 6.45) is 5.55. The van der Waals surface area contributed by atoms with Crippen LogP contribution in [0.5, 0.6) is 0 Å². The second kappa shape index (κ2) is 3.77. The number of benzene rings is 1. The second-order valence-electron chi connectivity index (χ2n) is 6.62. The molecule has 1 saturated heterocycles. The SMILES string of the molecule is O=C1[C@@H]2[C@H]3C=C[C@@H]([C@@H]4C[C@H]34)[C@@H]2C(=O)N1c1ccccc1Cl. The summed E-state index contributed by atoms with van der Waals surface area (Å²) in [6, 6.07) is 7.10. The maximum Gasteiger partial charge on any atom is 0.238 e. The third-order valence-electron chi connectivity index (χ3n) is 5.76. The zero-order chi connectivity index (χ0) is 14.3. The maximum atomic E-state index is 12.9. The van der Waals surface area contributed by atoms with E-state index in [1.165, 1.54) is 11.3 Å². The van der Waals surface area contributed by atoms with E-state index in [-0.39, 0.29) is 35.5 Å². The molecule has 1 heterocycles. The quantitative estimate of drug-likeness (QED) is 0.591. The molecular weight excluding hydrogens is 286 g/mol. The van der Waals surface area contributed by atoms with Crippen LogP contribution in [0.25, 0.3) is 0 Å². The Morgan fingerprint density at radius 1 is 0.952 bits per heavy atom. The van der Waals surface area contributed by atoms with Gasteiger partial charge in [0, 0.05) is 0 Å². The molecule has 106 valence electrons. The summed E-state index contributed by atoms with van der Waals surface area (Å²) >= 11 is 6.20. The van der Waals surface area contributed by atoms with E-state index in [2.05, 4.69) is 12.2 Å². The minimum atomic E-state index is -0.160. The van der Waals surface area contributed by atoms with Crippen molar-refractivity contribution in [3.05, 3.63) is 41.4 Å². The van der Waals surface area contributed by atoms with Crippen LogP contribution in [-0.2, 0) is 9.59 Å². The standard InChI is InChI=1S/C17H14ClNO2/c18-12-3-1-2-4-13(12)19-16(20)14-8-5-6-9(11-7-10(8)11)15(14)17(19)21/h1-6,8-11,14-15H,7H2/t8-,9-,10-,11+,14-,15+/m0/s1. The first-order valence-electron chi connectivity index (χ1n) is 7.49. The summed E-state index contributed by atoms with van der Waals surface area (Å²) < 4.78 is 0. The number of carbonyl (C=O) groups is 2. The number of carbonyl (C=O) groups excluding carboxylic acids is 2. The molecule has 6 atom stereocenters. The molecule has 0 aromatic heterocycles. The molecule has 4 aliphatic carbocycles. The highest BCUT2D eigenvalue weighted by Gasteiger charge is 2.67. The first-order valence-corrected chi connectivity index (χ1v) is 7.87. The van der Waals surface area contributed by atoms with Crippen molar-refractivity contribution in [3.63, 3.8) is 0 Å². The summed E-state index contributed by atoms with van der Waals surface area (Å²) in [5, 5.41) is 0.461. The van der Waals surface area contributed by atoms with E-state index in [1.54, 1.807) is 12.1 Å². The lowest BCUT2D eigenvalue weighted by molar-refractivity contribution is -0.124. The van der Waals surface area contributed by atoms with Crippen LogP contribution in [0.4, 0.5) is 5.69 Å². The van der Waals surface area contributed by atoms with Crippen molar-refractivity contribution in [1.29, 1.82) is 0 Å². The number of hydrogen-bond donors (Lipinski definition) is 0. The van der Waals surface area contributed by atoms with E-state index in [9.17, 15) is 9.59 Å². The van der Waals surface area contributed by atoms with Crippen molar-refractivity contribution in [2.45, 2.75) is 6.42 Å². The number of nitrogens with zero attached hydrogens (tertiary/aromatic N) is 1. The van der Waals surface area contributed by atoms with E-state index < -0.39 is 0 Å². The van der Waals surface area contributed by atoms with Gasteiger partial charge in [0.25, 0.3) is 0 Å². The van der Waals surface area contributed by atoms with Crippen molar-refractivity contribution in [2.75, 3.05) is 4.90 Å². The molecular formula is C17H14ClNO2. The Balaban J connectivity index is 1.62. The average molecular weight is 300 g/mol. The number of amides is 2. The highest BCUT2D eigenvalue weighted by atomic mass is 35.5. The summed E-state index contributed by atoms with van der Waals surface area (Å²) in [6.45, 7) is 0. The average Bonchev–Trinajstić information content (AvgIpc) is 3.26. The smallest absolute Gasteiger partial charge is 0.238 e. The van der Waals surface area contributed by atoms with E-state index >= 15 is 0 Å². The summed E-state index contributed by atoms with van der Waals surface area (Å²) in [4.78, 5) is 27.1. The van der Waals surface area contributed by atoms with Gasteiger partial charge in [-0.05, 0) is 42.2 Å². The normalized spacial score (nSPS) is 42.2. The lowest BCUT2D eigenvalue weighted by atomic mass is 9.63. The van der Waals surface area contributed by atoms with E-state index in [0.717, 1.165) is 0 Å². The number of allylic oxidation sites excluding steroid dienone is 2. The largest absolute Gasteiger partial charge is 0.274 e. The van der Waals surface area contributed by atoms with Gasteiger partial charge in [-0.25, -0.2) is 4.90 Å². The number of rotatable bonds is 1. The predicted molar refractivity (Wildman–Crippen MR) is 78.6 cm³/mol. The molecule has 1 aromatic carbocycles. The molecule has 5 aliphatic rings. The van der Waals surface area contributed by atoms with Crippen LogP contribution in [0, 0.1) is 35.5 Å². The molecule has 0 radical (unpaired) electrons. The van der Waals surface area contributed by atoms with Crippen LogP contribution in [0.3, 0.4) is 0 Å². The molecule has 6 rings (SSSR count). The number of imide groups is 1. The van der Waals surface area contributed by atoms with Crippen LogP contribution in [0.1, 0.15) is 6.42 Å². The first kappa shape index (κ1) is 12.0. The van der Waals surface area contributed by atoms with Gasteiger partial charge < -0.3 is 0 Å². The molecule has 0 spiro atoms. The highest BCUT2D eigenvalue weighted by molar-refractivity contribution is 6.36. The van der Waals surface area contributed by atoms with Crippen LogP contribution >= 0.6 is 11.6 Å². The third kappa shape index (κ3) is 1.35. The predicted octanol–water partition coefficient (Wildman–Crippen LogP) is 2.90. The Kier molecular flexibility index (Phi) is 2.15. The molecule has 2 amide bonds. The molecule has 2 bridgehead atoms. The molecule has 21 heavy (non-hydrogen) atoms. The lowest BCUT2D eigenvalue weighted by Crippen LogP contribution is -2.40. The van der Waals surface area contributed by atoms with Gasteiger partial charge in [-0.15, -0.1) is 0 Å². The topological polar surface area (TPSA) is 37.4 Å². The monoisotopic (exact) mass is 299 g/mol. The minimum absolute atomic E-state index is 0.0530. The third-order valence-corrected chi connectivity index (χ3v) is 6.08. The highest BCUT2D eigenvalue weighted by Crippen LogP contribution is 2.65. The number of anilines is 1. The molecule has 1 aliphatic heterocycles. The number of halogens is 1. The Hall–Kier alpha value is -1.61. The minimum Gasteiger partial charge on any atom is -0.274 e. The van der Waals surface area contributed by atoms with Crippen LogP contribution in [-0.4, -0.2) is 11.8 Å². The van der Waals surface area contributed by atoms with Gasteiger partial charge in [0.05, 0.1) is 22.5 Å².